The zero-order valence-electron chi connectivity index (χ0n) is 27.2. The van der Waals surface area contributed by atoms with Crippen LogP contribution in [0.5, 0.6) is 0 Å². The largest absolute Gasteiger partial charge is 0.369 e. The molecular formula is C39H54N2O3. The lowest BCUT2D eigenvalue weighted by molar-refractivity contribution is -0.211. The van der Waals surface area contributed by atoms with E-state index in [9.17, 15) is 9.59 Å². The number of ether oxygens (including phenoxy) is 1. The first-order valence-electron chi connectivity index (χ1n) is 18.1. The van der Waals surface area contributed by atoms with E-state index in [2.05, 4.69) is 42.8 Å². The summed E-state index contributed by atoms with van der Waals surface area (Å²) in [6.07, 6.45) is 17.0. The summed E-state index contributed by atoms with van der Waals surface area (Å²) in [6.45, 7) is 11.5. The number of nitrogens with one attached hydrogen (secondary N) is 1. The van der Waals surface area contributed by atoms with Gasteiger partial charge in [0.25, 0.3) is 0 Å². The predicted octanol–water partition coefficient (Wildman–Crippen LogP) is 6.75. The van der Waals surface area contributed by atoms with Crippen LogP contribution >= 0.6 is 0 Å². The SMILES string of the molecule is C=CC(=O)CC[C@@]1(C)CCC[C@H]2[C@@H]3CC[C@@]45O[C@@H]6C[C@H](C)CN(CCNC(=O)CCc7ccccc7)[C@H]6[C@H]4CC54CC34C[C@@H]21. The number of hydrogen-bond acceptors (Lipinski definition) is 4. The summed E-state index contributed by atoms with van der Waals surface area (Å²) in [6, 6.07) is 10.8. The van der Waals surface area contributed by atoms with Crippen LogP contribution in [0, 0.1) is 45.8 Å². The molecule has 0 aromatic heterocycles. The third-order valence-corrected chi connectivity index (χ3v) is 14.9. The van der Waals surface area contributed by atoms with Crippen LogP contribution in [0.2, 0.25) is 0 Å². The maximum atomic E-state index is 12.7. The van der Waals surface area contributed by atoms with E-state index in [4.69, 9.17) is 4.74 Å². The molecule has 2 unspecified atom stereocenters. The summed E-state index contributed by atoms with van der Waals surface area (Å²) < 4.78 is 7.43. The van der Waals surface area contributed by atoms with Crippen LogP contribution in [0.1, 0.15) is 96.5 Å². The minimum Gasteiger partial charge on any atom is -0.369 e. The van der Waals surface area contributed by atoms with Crippen molar-refractivity contribution in [3.05, 3.63) is 48.6 Å². The molecular weight excluding hydrogens is 544 g/mol. The van der Waals surface area contributed by atoms with Crippen LogP contribution in [-0.2, 0) is 20.7 Å². The highest BCUT2D eigenvalue weighted by atomic mass is 16.5. The lowest BCUT2D eigenvalue weighted by Crippen LogP contribution is -2.64. The average Bonchev–Trinajstić information content (AvgIpc) is 3.51. The zero-order valence-corrected chi connectivity index (χ0v) is 27.2. The van der Waals surface area contributed by atoms with Crippen LogP contribution in [0.3, 0.4) is 0 Å². The molecule has 1 amide bonds. The van der Waals surface area contributed by atoms with Crippen molar-refractivity contribution in [2.24, 2.45) is 45.8 Å². The number of ketones is 1. The van der Waals surface area contributed by atoms with Crippen LogP contribution in [0.15, 0.2) is 43.0 Å². The smallest absolute Gasteiger partial charge is 0.220 e. The normalized spacial score (nSPS) is 46.3. The number of piperidine rings is 1. The van der Waals surface area contributed by atoms with E-state index >= 15 is 0 Å². The maximum absolute atomic E-state index is 12.7. The molecule has 1 N–H and O–H groups in total. The summed E-state index contributed by atoms with van der Waals surface area (Å²) >= 11 is 0. The highest BCUT2D eigenvalue weighted by Crippen LogP contribution is 2.93. The molecule has 8 rings (SSSR count). The van der Waals surface area contributed by atoms with Gasteiger partial charge in [-0.1, -0.05) is 57.2 Å². The van der Waals surface area contributed by atoms with E-state index in [1.54, 1.807) is 0 Å². The van der Waals surface area contributed by atoms with Crippen LogP contribution in [0.4, 0.5) is 0 Å². The Labute approximate surface area is 264 Å². The van der Waals surface area contributed by atoms with E-state index in [-0.39, 0.29) is 17.3 Å². The van der Waals surface area contributed by atoms with Gasteiger partial charge in [0.2, 0.25) is 5.91 Å². The second kappa shape index (κ2) is 10.5. The van der Waals surface area contributed by atoms with Crippen LogP contribution < -0.4 is 5.32 Å². The van der Waals surface area contributed by atoms with Crippen LogP contribution in [0.25, 0.3) is 0 Å². The van der Waals surface area contributed by atoms with Gasteiger partial charge >= 0.3 is 0 Å². The molecule has 7 fully saturated rings. The van der Waals surface area contributed by atoms with Crippen molar-refractivity contribution in [1.82, 2.24) is 10.2 Å². The summed E-state index contributed by atoms with van der Waals surface area (Å²) in [4.78, 5) is 27.6. The highest BCUT2D eigenvalue weighted by Gasteiger charge is 2.91. The van der Waals surface area contributed by atoms with Gasteiger partial charge in [0.15, 0.2) is 5.78 Å². The Bertz CT molecular complexity index is 1310. The number of amides is 1. The van der Waals surface area contributed by atoms with Crippen molar-refractivity contribution < 1.29 is 14.3 Å². The van der Waals surface area contributed by atoms with Crippen molar-refractivity contribution in [3.63, 3.8) is 0 Å². The number of nitrogens with zero attached hydrogens (tertiary/aromatic N) is 1. The van der Waals surface area contributed by atoms with Gasteiger partial charge in [0.1, 0.15) is 0 Å². The highest BCUT2D eigenvalue weighted by molar-refractivity contribution is 5.89. The number of aryl methyl sites for hydroxylation is 1. The molecule has 1 aromatic carbocycles. The molecule has 5 saturated carbocycles. The number of fused-ring (bicyclic) bond motifs is 4. The first-order valence-corrected chi connectivity index (χ1v) is 18.1. The molecule has 44 heavy (non-hydrogen) atoms. The van der Waals surface area contributed by atoms with Gasteiger partial charge in [0.05, 0.1) is 11.7 Å². The molecule has 238 valence electrons. The topological polar surface area (TPSA) is 58.6 Å². The Morgan fingerprint density at radius 1 is 1.09 bits per heavy atom. The summed E-state index contributed by atoms with van der Waals surface area (Å²) in [5.74, 6) is 4.19. The molecule has 5 aliphatic carbocycles. The van der Waals surface area contributed by atoms with Gasteiger partial charge in [-0.05, 0) is 110 Å². The maximum Gasteiger partial charge on any atom is 0.220 e. The van der Waals surface area contributed by atoms with Gasteiger partial charge in [-0.3, -0.25) is 14.5 Å². The lowest BCUT2D eigenvalue weighted by atomic mass is 9.47. The van der Waals surface area contributed by atoms with E-state index in [0.29, 0.717) is 53.1 Å². The van der Waals surface area contributed by atoms with Gasteiger partial charge in [-0.15, -0.1) is 0 Å². The molecule has 0 bridgehead atoms. The number of benzene rings is 1. The van der Waals surface area contributed by atoms with Gasteiger partial charge in [-0.25, -0.2) is 0 Å². The molecule has 5 nitrogen and oxygen atoms in total. The van der Waals surface area contributed by atoms with Gasteiger partial charge in [0, 0.05) is 49.9 Å². The Morgan fingerprint density at radius 3 is 2.75 bits per heavy atom. The lowest BCUT2D eigenvalue weighted by Gasteiger charge is -2.60. The Morgan fingerprint density at radius 2 is 1.93 bits per heavy atom. The molecule has 11 atom stereocenters. The third kappa shape index (κ3) is 4.16. The second-order valence-electron chi connectivity index (χ2n) is 16.8. The number of carbonyl (C=O) groups is 2. The monoisotopic (exact) mass is 598 g/mol. The van der Waals surface area contributed by atoms with E-state index in [1.807, 2.05) is 18.2 Å². The Balaban J connectivity index is 0.942. The van der Waals surface area contributed by atoms with Crippen molar-refractivity contribution in [1.29, 1.82) is 0 Å². The zero-order chi connectivity index (χ0) is 30.3. The fraction of sp³-hybridized carbons (Fsp3) is 0.744. The van der Waals surface area contributed by atoms with Gasteiger partial charge < -0.3 is 10.1 Å². The van der Waals surface area contributed by atoms with Crippen molar-refractivity contribution in [2.45, 2.75) is 115 Å². The molecule has 0 radical (unpaired) electrons. The van der Waals surface area contributed by atoms with Crippen molar-refractivity contribution in [3.8, 4) is 0 Å². The van der Waals surface area contributed by atoms with Crippen molar-refractivity contribution in [2.75, 3.05) is 19.6 Å². The molecule has 2 saturated heterocycles. The second-order valence-corrected chi connectivity index (χ2v) is 16.8. The molecule has 7 aliphatic rings. The first kappa shape index (κ1) is 29.4. The number of allylic oxidation sites excluding steroid dienone is 1. The quantitative estimate of drug-likeness (QED) is 0.303. The standard InChI is InChI=1S/C39H54N2O3/c1-4-28(42)14-17-36(3)16-8-11-29-30-15-18-39-32(23-38(39)25-37(30,38)22-31(29)36)35-33(44-39)21-26(2)24-41(35)20-19-40-34(43)13-12-27-9-6-5-7-10-27/h4-7,9-10,26,29-33,35H,1,8,11-25H2,2-3H3,(H,40,43)/t26-,29-,30-,31-,32+,33+,35-,36+,37?,38?,39+/m0/s1. The minimum absolute atomic E-state index is 0.1000. The molecule has 1 aromatic rings. The molecule has 2 aliphatic heterocycles. The number of hydrogen-bond donors (Lipinski definition) is 1. The fourth-order valence-corrected chi connectivity index (χ4v) is 13.1. The van der Waals surface area contributed by atoms with E-state index in [0.717, 1.165) is 50.2 Å². The van der Waals surface area contributed by atoms with Crippen LogP contribution in [-0.4, -0.2) is 54.0 Å². The number of likely N-dealkylation sites (tertiary alicyclic amines) is 1. The average molecular weight is 599 g/mol. The van der Waals surface area contributed by atoms with E-state index in [1.165, 1.54) is 69.4 Å². The van der Waals surface area contributed by atoms with E-state index < -0.39 is 0 Å². The molecule has 3 spiro atoms. The summed E-state index contributed by atoms with van der Waals surface area (Å²) in [5, 5.41) is 3.25. The van der Waals surface area contributed by atoms with Gasteiger partial charge in [-0.2, -0.15) is 0 Å². The minimum atomic E-state index is 0.1000. The number of carbonyl (C=O) groups excluding carboxylic acids is 2. The molecule has 2 heterocycles. The fourth-order valence-electron chi connectivity index (χ4n) is 13.1. The Kier molecular flexibility index (Phi) is 7.04. The third-order valence-electron chi connectivity index (χ3n) is 14.9. The molecule has 5 heteroatoms. The number of rotatable bonds is 10. The summed E-state index contributed by atoms with van der Waals surface area (Å²) in [7, 11) is 0. The predicted molar refractivity (Wildman–Crippen MR) is 173 cm³/mol. The van der Waals surface area contributed by atoms with Crippen molar-refractivity contribution >= 4 is 11.7 Å². The Hall–Kier alpha value is -1.98. The first-order chi connectivity index (χ1) is 21.2. The summed E-state index contributed by atoms with van der Waals surface area (Å²) in [5.41, 5.74) is 2.55.